The Morgan fingerprint density at radius 2 is 1.73 bits per heavy atom. The Morgan fingerprint density at radius 1 is 1.04 bits per heavy atom. The molecule has 1 aliphatic rings. The number of furan rings is 1. The number of hydrogen-bond donors (Lipinski definition) is 1. The van der Waals surface area contributed by atoms with E-state index in [0.717, 1.165) is 5.69 Å². The second-order valence-corrected chi connectivity index (χ2v) is 6.75. The lowest BCUT2D eigenvalue weighted by Crippen LogP contribution is -2.51. The molecule has 6 heteroatoms. The number of carbonyl (C=O) groups is 2. The third-order valence-corrected chi connectivity index (χ3v) is 4.66. The van der Waals surface area contributed by atoms with Gasteiger partial charge < -0.3 is 19.5 Å². The first-order valence-electron chi connectivity index (χ1n) is 8.99. The molecule has 0 atom stereocenters. The minimum absolute atomic E-state index is 0.0497. The molecule has 26 heavy (non-hydrogen) atoms. The first kappa shape index (κ1) is 18.0. The highest BCUT2D eigenvalue weighted by atomic mass is 16.3. The van der Waals surface area contributed by atoms with E-state index in [1.165, 1.54) is 11.8 Å². The van der Waals surface area contributed by atoms with Crippen molar-refractivity contribution < 1.29 is 14.0 Å². The van der Waals surface area contributed by atoms with Crippen LogP contribution < -0.4 is 5.32 Å². The molecule has 0 spiro atoms. The lowest BCUT2D eigenvalue weighted by Gasteiger charge is -2.34. The Kier molecular flexibility index (Phi) is 5.61. The van der Waals surface area contributed by atoms with Crippen LogP contribution in [0.15, 0.2) is 47.1 Å². The second-order valence-electron chi connectivity index (χ2n) is 6.75. The van der Waals surface area contributed by atoms with Gasteiger partial charge in [-0.15, -0.1) is 0 Å². The van der Waals surface area contributed by atoms with Gasteiger partial charge in [0.25, 0.3) is 5.91 Å². The fourth-order valence-electron chi connectivity index (χ4n) is 3.16. The van der Waals surface area contributed by atoms with Gasteiger partial charge in [0.05, 0.1) is 12.8 Å². The molecule has 1 aliphatic heterocycles. The zero-order valence-corrected chi connectivity index (χ0v) is 15.3. The van der Waals surface area contributed by atoms with Gasteiger partial charge in [0.15, 0.2) is 5.76 Å². The predicted octanol–water partition coefficient (Wildman–Crippen LogP) is 2.80. The summed E-state index contributed by atoms with van der Waals surface area (Å²) in [6.45, 7) is 6.66. The lowest BCUT2D eigenvalue weighted by molar-refractivity contribution is -0.130. The summed E-state index contributed by atoms with van der Waals surface area (Å²) < 4.78 is 5.16. The summed E-state index contributed by atoms with van der Waals surface area (Å²) in [4.78, 5) is 28.3. The van der Waals surface area contributed by atoms with Gasteiger partial charge in [0.1, 0.15) is 0 Å². The van der Waals surface area contributed by atoms with E-state index in [4.69, 9.17) is 4.42 Å². The highest BCUT2D eigenvalue weighted by Gasteiger charge is 2.25. The van der Waals surface area contributed by atoms with Gasteiger partial charge in [-0.1, -0.05) is 32.0 Å². The van der Waals surface area contributed by atoms with E-state index >= 15 is 0 Å². The minimum atomic E-state index is -0.119. The van der Waals surface area contributed by atoms with Crippen LogP contribution in [0.1, 0.15) is 35.9 Å². The highest BCUT2D eigenvalue weighted by molar-refractivity contribution is 5.91. The van der Waals surface area contributed by atoms with Crippen molar-refractivity contribution in [3.8, 4) is 0 Å². The molecule has 0 bridgehead atoms. The molecule has 3 rings (SSSR count). The number of benzene rings is 1. The average Bonchev–Trinajstić information content (AvgIpc) is 3.20. The molecule has 0 radical (unpaired) electrons. The summed E-state index contributed by atoms with van der Waals surface area (Å²) >= 11 is 0. The Labute approximate surface area is 153 Å². The van der Waals surface area contributed by atoms with Crippen LogP contribution in [0.25, 0.3) is 0 Å². The maximum atomic E-state index is 12.5. The van der Waals surface area contributed by atoms with Gasteiger partial charge in [-0.25, -0.2) is 0 Å². The van der Waals surface area contributed by atoms with Gasteiger partial charge >= 0.3 is 0 Å². The van der Waals surface area contributed by atoms with Crippen molar-refractivity contribution in [3.05, 3.63) is 54.0 Å². The molecule has 2 heterocycles. The number of carbonyl (C=O) groups excluding carboxylic acids is 2. The molecule has 1 aromatic heterocycles. The number of nitrogens with zero attached hydrogens (tertiary/aromatic N) is 2. The molecule has 1 saturated heterocycles. The van der Waals surface area contributed by atoms with Crippen LogP contribution >= 0.6 is 0 Å². The van der Waals surface area contributed by atoms with Crippen molar-refractivity contribution in [2.45, 2.75) is 19.8 Å². The second kappa shape index (κ2) is 8.08. The normalized spacial score (nSPS) is 14.6. The summed E-state index contributed by atoms with van der Waals surface area (Å²) in [5.41, 5.74) is 2.21. The van der Waals surface area contributed by atoms with Gasteiger partial charge in [-0.05, 0) is 29.7 Å². The van der Waals surface area contributed by atoms with E-state index in [1.54, 1.807) is 21.9 Å². The molecule has 0 aliphatic carbocycles. The molecule has 6 nitrogen and oxygen atoms in total. The number of anilines is 1. The summed E-state index contributed by atoms with van der Waals surface area (Å²) in [7, 11) is 0. The summed E-state index contributed by atoms with van der Waals surface area (Å²) in [5.74, 6) is 0.668. The van der Waals surface area contributed by atoms with Crippen LogP contribution in [0.2, 0.25) is 0 Å². The van der Waals surface area contributed by atoms with Crippen LogP contribution in [-0.2, 0) is 4.79 Å². The summed E-state index contributed by atoms with van der Waals surface area (Å²) in [6.07, 6.45) is 1.49. The lowest BCUT2D eigenvalue weighted by atomic mass is 10.0. The Balaban J connectivity index is 1.51. The smallest absolute Gasteiger partial charge is 0.289 e. The zero-order valence-electron chi connectivity index (χ0n) is 15.3. The number of piperazine rings is 1. The topological polar surface area (TPSA) is 65.8 Å². The molecule has 2 amide bonds. The van der Waals surface area contributed by atoms with Gasteiger partial charge in [0.2, 0.25) is 5.91 Å². The molecule has 138 valence electrons. The van der Waals surface area contributed by atoms with E-state index in [-0.39, 0.29) is 18.4 Å². The van der Waals surface area contributed by atoms with Gasteiger partial charge in [-0.2, -0.15) is 0 Å². The zero-order chi connectivity index (χ0) is 18.5. The maximum absolute atomic E-state index is 12.5. The van der Waals surface area contributed by atoms with Gasteiger partial charge in [0, 0.05) is 31.9 Å². The maximum Gasteiger partial charge on any atom is 0.289 e. The predicted molar refractivity (Wildman–Crippen MR) is 100 cm³/mol. The molecule has 0 unspecified atom stereocenters. The average molecular weight is 355 g/mol. The van der Waals surface area contributed by atoms with Crippen molar-refractivity contribution >= 4 is 17.5 Å². The standard InChI is InChI=1S/C20H25N3O3/c1-15(2)16-6-3-4-7-17(16)21-14-19(24)22-9-11-23(12-10-22)20(25)18-8-5-13-26-18/h3-8,13,15,21H,9-12,14H2,1-2H3. The number of amides is 2. The summed E-state index contributed by atoms with van der Waals surface area (Å²) in [5, 5.41) is 3.26. The molecule has 1 N–H and O–H groups in total. The molecular weight excluding hydrogens is 330 g/mol. The minimum Gasteiger partial charge on any atom is -0.459 e. The van der Waals surface area contributed by atoms with Crippen molar-refractivity contribution in [2.75, 3.05) is 38.0 Å². The third kappa shape index (κ3) is 4.07. The van der Waals surface area contributed by atoms with Crippen molar-refractivity contribution in [2.24, 2.45) is 0 Å². The third-order valence-electron chi connectivity index (χ3n) is 4.66. The van der Waals surface area contributed by atoms with Crippen LogP contribution in [0.4, 0.5) is 5.69 Å². The van der Waals surface area contributed by atoms with E-state index in [0.29, 0.717) is 37.9 Å². The molecular formula is C20H25N3O3. The number of hydrogen-bond acceptors (Lipinski definition) is 4. The first-order chi connectivity index (χ1) is 12.6. The fourth-order valence-corrected chi connectivity index (χ4v) is 3.16. The van der Waals surface area contributed by atoms with E-state index in [2.05, 4.69) is 25.2 Å². The summed E-state index contributed by atoms with van der Waals surface area (Å²) in [6, 6.07) is 11.4. The molecule has 2 aromatic rings. The van der Waals surface area contributed by atoms with Crippen molar-refractivity contribution in [1.29, 1.82) is 0 Å². The van der Waals surface area contributed by atoms with E-state index in [1.807, 2.05) is 18.2 Å². The quantitative estimate of drug-likeness (QED) is 0.896. The van der Waals surface area contributed by atoms with Crippen molar-refractivity contribution in [3.63, 3.8) is 0 Å². The number of para-hydroxylation sites is 1. The molecule has 1 aromatic carbocycles. The van der Waals surface area contributed by atoms with Crippen LogP contribution in [-0.4, -0.2) is 54.3 Å². The van der Waals surface area contributed by atoms with Crippen LogP contribution in [0, 0.1) is 0 Å². The van der Waals surface area contributed by atoms with E-state index in [9.17, 15) is 9.59 Å². The molecule has 0 saturated carbocycles. The fraction of sp³-hybridized carbons (Fsp3) is 0.400. The SMILES string of the molecule is CC(C)c1ccccc1NCC(=O)N1CCN(C(=O)c2ccco2)CC1. The van der Waals surface area contributed by atoms with Crippen LogP contribution in [0.5, 0.6) is 0 Å². The van der Waals surface area contributed by atoms with E-state index < -0.39 is 0 Å². The Bertz CT molecular complexity index is 747. The Hall–Kier alpha value is -2.76. The largest absolute Gasteiger partial charge is 0.459 e. The molecule has 1 fully saturated rings. The number of rotatable bonds is 5. The van der Waals surface area contributed by atoms with Gasteiger partial charge in [-0.3, -0.25) is 9.59 Å². The van der Waals surface area contributed by atoms with Crippen molar-refractivity contribution in [1.82, 2.24) is 9.80 Å². The first-order valence-corrected chi connectivity index (χ1v) is 8.99. The number of nitrogens with one attached hydrogen (secondary N) is 1. The van der Waals surface area contributed by atoms with Crippen LogP contribution in [0.3, 0.4) is 0 Å². The monoisotopic (exact) mass is 355 g/mol. The highest BCUT2D eigenvalue weighted by Crippen LogP contribution is 2.23. The Morgan fingerprint density at radius 3 is 2.38 bits per heavy atom.